The molecule has 0 atom stereocenters. The molecule has 1 aromatic heterocycles. The molecule has 0 aliphatic heterocycles. The highest BCUT2D eigenvalue weighted by Crippen LogP contribution is 2.19. The highest BCUT2D eigenvalue weighted by molar-refractivity contribution is 14.0. The van der Waals surface area contributed by atoms with E-state index in [9.17, 15) is 0 Å². The van der Waals surface area contributed by atoms with Crippen molar-refractivity contribution in [3.63, 3.8) is 0 Å². The van der Waals surface area contributed by atoms with Crippen molar-refractivity contribution in [2.24, 2.45) is 4.99 Å². The van der Waals surface area contributed by atoms with Crippen LogP contribution in [0.4, 0.5) is 0 Å². The first-order valence-electron chi connectivity index (χ1n) is 9.97. The fourth-order valence-corrected chi connectivity index (χ4v) is 2.91. The Hall–Kier alpha value is -2.17. The minimum Gasteiger partial charge on any atom is -0.375 e. The summed E-state index contributed by atoms with van der Waals surface area (Å²) in [6.45, 7) is 5.13. The normalized spacial score (nSPS) is 11.1. The Kier molecular flexibility index (Phi) is 11.3. The van der Waals surface area contributed by atoms with Crippen LogP contribution in [0.25, 0.3) is 11.4 Å². The lowest BCUT2D eigenvalue weighted by Gasteiger charge is -2.10. The molecule has 0 amide bonds. The minimum absolute atomic E-state index is 0. The van der Waals surface area contributed by atoms with Crippen LogP contribution in [0.3, 0.4) is 0 Å². The summed E-state index contributed by atoms with van der Waals surface area (Å²) in [5.74, 6) is 1.82. The first-order chi connectivity index (χ1) is 14.7. The fraction of sp³-hybridized carbons (Fsp3) is 0.318. The average molecular weight is 556 g/mol. The van der Waals surface area contributed by atoms with Crippen LogP contribution in [0.5, 0.6) is 0 Å². The molecule has 2 N–H and O–H groups in total. The summed E-state index contributed by atoms with van der Waals surface area (Å²) in [5, 5.41) is 11.1. The Morgan fingerprint density at radius 3 is 2.74 bits per heavy atom. The maximum absolute atomic E-state index is 6.02. The zero-order valence-electron chi connectivity index (χ0n) is 17.4. The molecule has 7 nitrogen and oxygen atoms in total. The summed E-state index contributed by atoms with van der Waals surface area (Å²) in [4.78, 5) is 8.95. The van der Waals surface area contributed by atoms with Gasteiger partial charge in [-0.3, -0.25) is 4.99 Å². The number of rotatable bonds is 10. The van der Waals surface area contributed by atoms with Crippen LogP contribution in [-0.2, 0) is 17.8 Å². The van der Waals surface area contributed by atoms with Gasteiger partial charge in [-0.05, 0) is 24.6 Å². The third kappa shape index (κ3) is 8.84. The van der Waals surface area contributed by atoms with Crippen LogP contribution < -0.4 is 10.6 Å². The monoisotopic (exact) mass is 555 g/mol. The third-order valence-electron chi connectivity index (χ3n) is 4.14. The van der Waals surface area contributed by atoms with E-state index in [0.717, 1.165) is 23.6 Å². The summed E-state index contributed by atoms with van der Waals surface area (Å²) < 4.78 is 11.0. The number of halogens is 2. The summed E-state index contributed by atoms with van der Waals surface area (Å²) in [6.07, 6.45) is 0.586. The van der Waals surface area contributed by atoms with Crippen molar-refractivity contribution in [3.05, 3.63) is 71.1 Å². The van der Waals surface area contributed by atoms with Crippen LogP contribution in [0.15, 0.2) is 64.1 Å². The number of hydrogen-bond acceptors (Lipinski definition) is 5. The second-order valence-corrected chi connectivity index (χ2v) is 6.93. The van der Waals surface area contributed by atoms with E-state index in [0.29, 0.717) is 49.5 Å². The van der Waals surface area contributed by atoms with E-state index in [2.05, 4.69) is 25.8 Å². The van der Waals surface area contributed by atoms with Gasteiger partial charge >= 0.3 is 0 Å². The van der Waals surface area contributed by atoms with Crippen molar-refractivity contribution in [1.29, 1.82) is 0 Å². The molecular weight excluding hydrogens is 529 g/mol. The Labute approximate surface area is 204 Å². The molecule has 9 heteroatoms. The van der Waals surface area contributed by atoms with Gasteiger partial charge in [0.05, 0.1) is 19.8 Å². The molecule has 0 unspecified atom stereocenters. The van der Waals surface area contributed by atoms with E-state index >= 15 is 0 Å². The van der Waals surface area contributed by atoms with E-state index in [4.69, 9.17) is 20.9 Å². The Morgan fingerprint density at radius 2 is 1.97 bits per heavy atom. The standard InChI is InChI=1S/C22H26ClN5O2.HI/c1-2-24-22(26-13-14-29-16-17-7-4-3-5-8-17)25-12-11-20-27-21(28-30-20)18-9-6-10-19(23)15-18;/h3-10,15H,2,11-14,16H2,1H3,(H2,24,25,26);1H. The smallest absolute Gasteiger partial charge is 0.228 e. The highest BCUT2D eigenvalue weighted by Gasteiger charge is 2.09. The molecular formula is C22H27ClIN5O2. The fourth-order valence-electron chi connectivity index (χ4n) is 2.72. The van der Waals surface area contributed by atoms with Gasteiger partial charge in [0.25, 0.3) is 0 Å². The third-order valence-corrected chi connectivity index (χ3v) is 4.38. The topological polar surface area (TPSA) is 84.6 Å². The number of guanidine groups is 1. The van der Waals surface area contributed by atoms with Gasteiger partial charge in [-0.2, -0.15) is 4.98 Å². The number of aromatic nitrogens is 2. The maximum atomic E-state index is 6.02. The largest absolute Gasteiger partial charge is 0.375 e. The molecule has 0 saturated heterocycles. The molecule has 2 aromatic carbocycles. The van der Waals surface area contributed by atoms with E-state index in [-0.39, 0.29) is 24.0 Å². The summed E-state index contributed by atoms with van der Waals surface area (Å²) in [5.41, 5.74) is 1.99. The lowest BCUT2D eigenvalue weighted by Crippen LogP contribution is -2.38. The zero-order valence-corrected chi connectivity index (χ0v) is 20.5. The van der Waals surface area contributed by atoms with Gasteiger partial charge in [0.2, 0.25) is 11.7 Å². The Balaban J connectivity index is 0.00000341. The lowest BCUT2D eigenvalue weighted by molar-refractivity contribution is 0.128. The van der Waals surface area contributed by atoms with Crippen molar-refractivity contribution in [3.8, 4) is 11.4 Å². The molecule has 3 aromatic rings. The van der Waals surface area contributed by atoms with Crippen LogP contribution in [-0.4, -0.2) is 42.3 Å². The van der Waals surface area contributed by atoms with E-state index < -0.39 is 0 Å². The molecule has 1 heterocycles. The lowest BCUT2D eigenvalue weighted by atomic mass is 10.2. The first-order valence-corrected chi connectivity index (χ1v) is 10.3. The van der Waals surface area contributed by atoms with Gasteiger partial charge in [-0.1, -0.05) is 59.2 Å². The number of nitrogens with zero attached hydrogens (tertiary/aromatic N) is 3. The first kappa shape index (κ1) is 25.1. The molecule has 31 heavy (non-hydrogen) atoms. The van der Waals surface area contributed by atoms with Crippen LogP contribution in [0, 0.1) is 0 Å². The van der Waals surface area contributed by atoms with Gasteiger partial charge < -0.3 is 19.9 Å². The summed E-state index contributed by atoms with van der Waals surface area (Å²) in [7, 11) is 0. The van der Waals surface area contributed by atoms with Crippen molar-refractivity contribution in [2.75, 3.05) is 26.2 Å². The van der Waals surface area contributed by atoms with E-state index in [1.54, 1.807) is 0 Å². The van der Waals surface area contributed by atoms with Gasteiger partial charge in [0.1, 0.15) is 0 Å². The van der Waals surface area contributed by atoms with Crippen molar-refractivity contribution in [1.82, 2.24) is 20.8 Å². The van der Waals surface area contributed by atoms with Gasteiger partial charge in [0.15, 0.2) is 5.96 Å². The average Bonchev–Trinajstić information content (AvgIpc) is 3.23. The molecule has 3 rings (SSSR count). The number of ether oxygens (including phenoxy) is 1. The predicted octanol–water partition coefficient (Wildman–Crippen LogP) is 4.32. The van der Waals surface area contributed by atoms with E-state index in [1.165, 1.54) is 0 Å². The number of aliphatic imine (C=N–C) groups is 1. The van der Waals surface area contributed by atoms with Crippen molar-refractivity contribution in [2.45, 2.75) is 20.0 Å². The molecule has 0 saturated carbocycles. The Morgan fingerprint density at radius 1 is 1.13 bits per heavy atom. The van der Waals surface area contributed by atoms with Gasteiger partial charge in [-0.15, -0.1) is 24.0 Å². The second kappa shape index (κ2) is 14.0. The van der Waals surface area contributed by atoms with Crippen LogP contribution in [0.2, 0.25) is 5.02 Å². The maximum Gasteiger partial charge on any atom is 0.228 e. The summed E-state index contributed by atoms with van der Waals surface area (Å²) in [6, 6.07) is 17.5. The zero-order chi connectivity index (χ0) is 21.0. The van der Waals surface area contributed by atoms with Crippen LogP contribution in [0.1, 0.15) is 18.4 Å². The number of hydrogen-bond donors (Lipinski definition) is 2. The SMILES string of the molecule is CCNC(=NCCOCc1ccccc1)NCCc1nc(-c2cccc(Cl)c2)no1.I. The minimum atomic E-state index is 0. The second-order valence-electron chi connectivity index (χ2n) is 6.50. The summed E-state index contributed by atoms with van der Waals surface area (Å²) >= 11 is 6.02. The molecule has 0 aliphatic carbocycles. The molecule has 0 aliphatic rings. The van der Waals surface area contributed by atoms with Gasteiger partial charge in [0, 0.05) is 30.1 Å². The molecule has 0 spiro atoms. The molecule has 166 valence electrons. The van der Waals surface area contributed by atoms with Gasteiger partial charge in [-0.25, -0.2) is 0 Å². The number of benzene rings is 2. The molecule has 0 bridgehead atoms. The van der Waals surface area contributed by atoms with E-state index in [1.807, 2.05) is 61.5 Å². The van der Waals surface area contributed by atoms with Crippen LogP contribution >= 0.6 is 35.6 Å². The number of nitrogens with one attached hydrogen (secondary N) is 2. The molecule has 0 radical (unpaired) electrons. The highest BCUT2D eigenvalue weighted by atomic mass is 127. The van der Waals surface area contributed by atoms with Crippen molar-refractivity contribution >= 4 is 41.5 Å². The quantitative estimate of drug-likeness (QED) is 0.168. The predicted molar refractivity (Wildman–Crippen MR) is 134 cm³/mol. The van der Waals surface area contributed by atoms with Crippen molar-refractivity contribution < 1.29 is 9.26 Å². The molecule has 0 fully saturated rings. The Bertz CT molecular complexity index is 936.